The maximum absolute atomic E-state index is 13.3. The molecule has 18 heavy (non-hydrogen) atoms. The van der Waals surface area contributed by atoms with Gasteiger partial charge in [-0.1, -0.05) is 0 Å². The topological polar surface area (TPSA) is 58.9 Å². The fourth-order valence-corrected chi connectivity index (χ4v) is 2.27. The largest absolute Gasteiger partial charge is 0.486 e. The molecular formula is C12H11BrFNO3. The zero-order chi connectivity index (χ0) is 13.4. The summed E-state index contributed by atoms with van der Waals surface area (Å²) in [5.74, 6) is -1.12. The molecule has 0 radical (unpaired) electrons. The van der Waals surface area contributed by atoms with Crippen molar-refractivity contribution in [2.24, 2.45) is 4.99 Å². The lowest BCUT2D eigenvalue weighted by Gasteiger charge is -2.18. The predicted molar refractivity (Wildman–Crippen MR) is 65.5 cm³/mol. The summed E-state index contributed by atoms with van der Waals surface area (Å²) in [7, 11) is 0. The smallest absolute Gasteiger partial charge is 0.248 e. The molecule has 0 amide bonds. The Hall–Kier alpha value is -1.27. The van der Waals surface area contributed by atoms with Crippen LogP contribution in [0.5, 0.6) is 0 Å². The van der Waals surface area contributed by atoms with Crippen molar-refractivity contribution in [1.82, 2.24) is 0 Å². The SMILES string of the molecule is CC(C)OC1=c2c(Br)cc(F)cc2=NC(O)C1=O. The lowest BCUT2D eigenvalue weighted by atomic mass is 10.1. The quantitative estimate of drug-likeness (QED) is 0.871. The van der Waals surface area contributed by atoms with Gasteiger partial charge in [0.2, 0.25) is 12.0 Å². The van der Waals surface area contributed by atoms with Crippen LogP contribution in [0.3, 0.4) is 0 Å². The summed E-state index contributed by atoms with van der Waals surface area (Å²) < 4.78 is 19.1. The Morgan fingerprint density at radius 2 is 2.17 bits per heavy atom. The Morgan fingerprint density at radius 3 is 2.78 bits per heavy atom. The van der Waals surface area contributed by atoms with Crippen molar-refractivity contribution in [3.05, 3.63) is 33.0 Å². The van der Waals surface area contributed by atoms with Gasteiger partial charge in [0.1, 0.15) is 5.82 Å². The van der Waals surface area contributed by atoms with Crippen molar-refractivity contribution < 1.29 is 19.0 Å². The molecule has 0 saturated heterocycles. The average Bonchev–Trinajstić information content (AvgIpc) is 2.23. The Labute approximate surface area is 111 Å². The van der Waals surface area contributed by atoms with Crippen LogP contribution >= 0.6 is 15.9 Å². The van der Waals surface area contributed by atoms with Crippen LogP contribution in [-0.4, -0.2) is 23.2 Å². The number of carbonyl (C=O) groups is 1. The van der Waals surface area contributed by atoms with E-state index in [0.29, 0.717) is 9.69 Å². The summed E-state index contributed by atoms with van der Waals surface area (Å²) in [4.78, 5) is 15.6. The third-order valence-corrected chi connectivity index (χ3v) is 2.96. The third-order valence-electron chi connectivity index (χ3n) is 2.33. The van der Waals surface area contributed by atoms with Gasteiger partial charge in [-0.25, -0.2) is 9.38 Å². The zero-order valence-electron chi connectivity index (χ0n) is 9.78. The van der Waals surface area contributed by atoms with Gasteiger partial charge in [-0.2, -0.15) is 0 Å². The Bertz CT molecular complexity index is 627. The van der Waals surface area contributed by atoms with Crippen molar-refractivity contribution in [3.8, 4) is 0 Å². The zero-order valence-corrected chi connectivity index (χ0v) is 11.4. The molecular weight excluding hydrogens is 305 g/mol. The third kappa shape index (κ3) is 2.30. The minimum absolute atomic E-state index is 0.00868. The van der Waals surface area contributed by atoms with Gasteiger partial charge in [0.05, 0.1) is 16.7 Å². The number of fused-ring (bicyclic) bond motifs is 1. The van der Waals surface area contributed by atoms with Crippen LogP contribution in [0.1, 0.15) is 13.8 Å². The van der Waals surface area contributed by atoms with E-state index in [1.54, 1.807) is 13.8 Å². The first kappa shape index (κ1) is 13.2. The highest BCUT2D eigenvalue weighted by molar-refractivity contribution is 9.10. The maximum Gasteiger partial charge on any atom is 0.248 e. The van der Waals surface area contributed by atoms with E-state index >= 15 is 0 Å². The second-order valence-corrected chi connectivity index (χ2v) is 5.00. The molecule has 0 spiro atoms. The van der Waals surface area contributed by atoms with Crippen molar-refractivity contribution >= 4 is 27.5 Å². The number of ketones is 1. The first-order valence-electron chi connectivity index (χ1n) is 5.36. The van der Waals surface area contributed by atoms with Gasteiger partial charge in [0.25, 0.3) is 0 Å². The Balaban J connectivity index is 2.82. The van der Waals surface area contributed by atoms with Gasteiger partial charge in [-0.3, -0.25) is 4.79 Å². The Kier molecular flexibility index (Phi) is 3.49. The molecule has 0 aliphatic carbocycles. The van der Waals surface area contributed by atoms with Crippen LogP contribution in [-0.2, 0) is 9.53 Å². The molecule has 1 aromatic rings. The molecule has 96 valence electrons. The first-order valence-corrected chi connectivity index (χ1v) is 6.15. The van der Waals surface area contributed by atoms with Gasteiger partial charge < -0.3 is 9.84 Å². The molecule has 1 atom stereocenters. The van der Waals surface area contributed by atoms with Crippen LogP contribution in [0.15, 0.2) is 21.6 Å². The first-order chi connectivity index (χ1) is 8.40. The van der Waals surface area contributed by atoms with E-state index < -0.39 is 17.8 Å². The molecule has 0 fully saturated rings. The molecule has 1 heterocycles. The molecule has 0 bridgehead atoms. The van der Waals surface area contributed by atoms with Gasteiger partial charge in [-0.15, -0.1) is 0 Å². The van der Waals surface area contributed by atoms with Gasteiger partial charge in [0.15, 0.2) is 5.76 Å². The number of rotatable bonds is 2. The van der Waals surface area contributed by atoms with Gasteiger partial charge in [0, 0.05) is 4.47 Å². The standard InChI is InChI=1S/C12H11BrFNO3/c1-5(2)18-11-9-7(13)3-6(14)4-8(9)15-12(17)10(11)16/h3-5,12,17H,1-2H3. The van der Waals surface area contributed by atoms with Crippen molar-refractivity contribution in [2.45, 2.75) is 26.2 Å². The van der Waals surface area contributed by atoms with Crippen LogP contribution < -0.4 is 10.6 Å². The summed E-state index contributed by atoms with van der Waals surface area (Å²) in [6.07, 6.45) is -1.78. The molecule has 2 rings (SSSR count). The van der Waals surface area contributed by atoms with E-state index in [4.69, 9.17) is 4.74 Å². The molecule has 4 nitrogen and oxygen atoms in total. The van der Waals surface area contributed by atoms with E-state index in [9.17, 15) is 14.3 Å². The van der Waals surface area contributed by atoms with E-state index in [2.05, 4.69) is 20.9 Å². The van der Waals surface area contributed by atoms with E-state index in [1.807, 2.05) is 0 Å². The molecule has 0 saturated carbocycles. The van der Waals surface area contributed by atoms with Crippen LogP contribution in [0, 0.1) is 5.82 Å². The molecule has 1 aromatic carbocycles. The number of hydrogen-bond donors (Lipinski definition) is 1. The normalized spacial score (nSPS) is 18.7. The number of aliphatic hydroxyl groups is 1. The van der Waals surface area contributed by atoms with Crippen LogP contribution in [0.25, 0.3) is 5.76 Å². The Morgan fingerprint density at radius 1 is 1.50 bits per heavy atom. The number of benzene rings is 1. The molecule has 1 aliphatic heterocycles. The summed E-state index contributed by atoms with van der Waals surface area (Å²) in [6, 6.07) is 2.38. The fourth-order valence-electron chi connectivity index (χ4n) is 1.67. The number of ether oxygens (including phenoxy) is 1. The monoisotopic (exact) mass is 315 g/mol. The number of nitrogens with zero attached hydrogens (tertiary/aromatic N) is 1. The van der Waals surface area contributed by atoms with Crippen molar-refractivity contribution in [3.63, 3.8) is 0 Å². The van der Waals surface area contributed by atoms with E-state index in [0.717, 1.165) is 6.07 Å². The van der Waals surface area contributed by atoms with Crippen molar-refractivity contribution in [1.29, 1.82) is 0 Å². The van der Waals surface area contributed by atoms with E-state index in [1.165, 1.54) is 6.07 Å². The molecule has 0 aromatic heterocycles. The number of hydrogen-bond acceptors (Lipinski definition) is 4. The fraction of sp³-hybridized carbons (Fsp3) is 0.333. The van der Waals surface area contributed by atoms with E-state index in [-0.39, 0.29) is 17.2 Å². The highest BCUT2D eigenvalue weighted by Crippen LogP contribution is 2.13. The second kappa shape index (κ2) is 4.78. The van der Waals surface area contributed by atoms with Crippen molar-refractivity contribution in [2.75, 3.05) is 0 Å². The maximum atomic E-state index is 13.3. The lowest BCUT2D eigenvalue weighted by molar-refractivity contribution is -0.124. The summed E-state index contributed by atoms with van der Waals surface area (Å²) in [5.41, 5.74) is 0. The lowest BCUT2D eigenvalue weighted by Crippen LogP contribution is -2.42. The highest BCUT2D eigenvalue weighted by atomic mass is 79.9. The van der Waals surface area contributed by atoms with Gasteiger partial charge in [-0.05, 0) is 41.9 Å². The van der Waals surface area contributed by atoms with Crippen LogP contribution in [0.4, 0.5) is 4.39 Å². The minimum atomic E-state index is -1.54. The van der Waals surface area contributed by atoms with Crippen LogP contribution in [0.2, 0.25) is 0 Å². The second-order valence-electron chi connectivity index (χ2n) is 4.14. The average molecular weight is 316 g/mol. The summed E-state index contributed by atoms with van der Waals surface area (Å²) >= 11 is 3.18. The molecule has 1 unspecified atom stereocenters. The molecule has 6 heteroatoms. The number of aliphatic hydroxyl groups excluding tert-OH is 1. The number of carbonyl (C=O) groups excluding carboxylic acids is 1. The molecule has 1 aliphatic rings. The molecule has 1 N–H and O–H groups in total. The predicted octanol–water partition coefficient (Wildman–Crippen LogP) is 0.642. The number of Topliss-reactive ketones (excluding diaryl/α,β-unsaturated/α-hetero) is 1. The minimum Gasteiger partial charge on any atom is -0.486 e. The highest BCUT2D eigenvalue weighted by Gasteiger charge is 2.27. The van der Waals surface area contributed by atoms with Gasteiger partial charge >= 0.3 is 0 Å². The summed E-state index contributed by atoms with van der Waals surface area (Å²) in [6.45, 7) is 3.52. The summed E-state index contributed by atoms with van der Waals surface area (Å²) in [5, 5.41) is 10.1. The number of halogens is 2.